The minimum absolute atomic E-state index is 0.0862. The molecule has 0 aliphatic carbocycles. The van der Waals surface area contributed by atoms with Gasteiger partial charge >= 0.3 is 0 Å². The lowest BCUT2D eigenvalue weighted by atomic mass is 10.0. The first-order valence-corrected chi connectivity index (χ1v) is 6.98. The molecule has 0 aliphatic heterocycles. The number of aryl methyl sites for hydroxylation is 2. The van der Waals surface area contributed by atoms with Crippen molar-refractivity contribution >= 4 is 11.3 Å². The predicted octanol–water partition coefficient (Wildman–Crippen LogP) is 4.20. The maximum atomic E-state index is 13.5. The quantitative estimate of drug-likeness (QED) is 0.871. The average Bonchev–Trinajstić information content (AvgIpc) is 2.71. The molecule has 0 spiro atoms. The smallest absolute Gasteiger partial charge is 0.123 e. The van der Waals surface area contributed by atoms with E-state index < -0.39 is 0 Å². The lowest BCUT2D eigenvalue weighted by molar-refractivity contribution is 0.605. The molecule has 1 aromatic heterocycles. The summed E-state index contributed by atoms with van der Waals surface area (Å²) >= 11 is 1.76. The molecule has 1 N–H and O–H groups in total. The third-order valence-corrected chi connectivity index (χ3v) is 3.92. The van der Waals surface area contributed by atoms with Crippen LogP contribution in [0.1, 0.15) is 33.8 Å². The van der Waals surface area contributed by atoms with E-state index in [9.17, 15) is 4.39 Å². The molecule has 1 aromatic carbocycles. The fourth-order valence-electron chi connectivity index (χ4n) is 2.13. The molecule has 0 amide bonds. The van der Waals surface area contributed by atoms with E-state index in [1.54, 1.807) is 23.5 Å². The second-order valence-corrected chi connectivity index (χ2v) is 5.82. The third kappa shape index (κ3) is 2.98. The zero-order valence-corrected chi connectivity index (χ0v) is 11.8. The second kappa shape index (κ2) is 5.63. The van der Waals surface area contributed by atoms with Crippen LogP contribution >= 0.6 is 11.3 Å². The summed E-state index contributed by atoms with van der Waals surface area (Å²) in [6.45, 7) is 6.94. The molecule has 2 aromatic rings. The molecule has 1 atom stereocenters. The van der Waals surface area contributed by atoms with Gasteiger partial charge in [0.05, 0.1) is 6.04 Å². The van der Waals surface area contributed by atoms with Gasteiger partial charge in [0.25, 0.3) is 0 Å². The first-order valence-electron chi connectivity index (χ1n) is 6.17. The topological polar surface area (TPSA) is 12.0 Å². The zero-order chi connectivity index (χ0) is 13.1. The zero-order valence-electron chi connectivity index (χ0n) is 11.0. The number of thiophene rings is 1. The van der Waals surface area contributed by atoms with Crippen LogP contribution in [0.3, 0.4) is 0 Å². The van der Waals surface area contributed by atoms with Gasteiger partial charge in [0.2, 0.25) is 0 Å². The molecule has 3 heteroatoms. The van der Waals surface area contributed by atoms with Gasteiger partial charge in [0.15, 0.2) is 0 Å². The number of hydrogen-bond donors (Lipinski definition) is 1. The summed E-state index contributed by atoms with van der Waals surface area (Å²) < 4.78 is 13.5. The Kier molecular flexibility index (Phi) is 4.15. The van der Waals surface area contributed by atoms with Crippen molar-refractivity contribution in [3.63, 3.8) is 0 Å². The van der Waals surface area contributed by atoms with Gasteiger partial charge in [-0.25, -0.2) is 4.39 Å². The Morgan fingerprint density at radius 1 is 1.22 bits per heavy atom. The van der Waals surface area contributed by atoms with Crippen LogP contribution in [0.4, 0.5) is 4.39 Å². The molecular formula is C15H18FNS. The van der Waals surface area contributed by atoms with Crippen LogP contribution in [-0.4, -0.2) is 6.54 Å². The molecule has 1 heterocycles. The summed E-state index contributed by atoms with van der Waals surface area (Å²) in [7, 11) is 0. The minimum Gasteiger partial charge on any atom is -0.306 e. The van der Waals surface area contributed by atoms with Crippen LogP contribution in [0, 0.1) is 19.7 Å². The molecule has 0 aliphatic rings. The van der Waals surface area contributed by atoms with Crippen molar-refractivity contribution in [1.82, 2.24) is 5.32 Å². The van der Waals surface area contributed by atoms with Gasteiger partial charge in [-0.2, -0.15) is 0 Å². The van der Waals surface area contributed by atoms with Crippen molar-refractivity contribution in [2.24, 2.45) is 0 Å². The summed E-state index contributed by atoms with van der Waals surface area (Å²) in [4.78, 5) is 2.51. The maximum absolute atomic E-state index is 13.5. The molecule has 18 heavy (non-hydrogen) atoms. The van der Waals surface area contributed by atoms with E-state index in [1.807, 2.05) is 13.0 Å². The van der Waals surface area contributed by atoms with E-state index in [2.05, 4.69) is 31.3 Å². The molecular weight excluding hydrogens is 245 g/mol. The van der Waals surface area contributed by atoms with Gasteiger partial charge in [-0.15, -0.1) is 11.3 Å². The Morgan fingerprint density at radius 2 is 2.00 bits per heavy atom. The highest BCUT2D eigenvalue weighted by Crippen LogP contribution is 2.29. The van der Waals surface area contributed by atoms with Crippen molar-refractivity contribution in [3.05, 3.63) is 57.0 Å². The summed E-state index contributed by atoms with van der Waals surface area (Å²) in [5.74, 6) is -0.166. The Balaban J connectivity index is 2.40. The Bertz CT molecular complexity index is 513. The van der Waals surface area contributed by atoms with Crippen LogP contribution in [0.25, 0.3) is 0 Å². The van der Waals surface area contributed by atoms with Gasteiger partial charge in [-0.3, -0.25) is 0 Å². The van der Waals surface area contributed by atoms with Crippen LogP contribution in [0.2, 0.25) is 0 Å². The van der Waals surface area contributed by atoms with Crippen LogP contribution in [-0.2, 0) is 0 Å². The van der Waals surface area contributed by atoms with Crippen LogP contribution in [0.15, 0.2) is 30.3 Å². The van der Waals surface area contributed by atoms with Gasteiger partial charge in [-0.1, -0.05) is 13.0 Å². The SMILES string of the molecule is CCNC(c1cc(C)cc(F)c1)c1ccc(C)s1. The monoisotopic (exact) mass is 263 g/mol. The van der Waals surface area contributed by atoms with E-state index in [-0.39, 0.29) is 11.9 Å². The molecule has 0 saturated carbocycles. The molecule has 0 bridgehead atoms. The molecule has 0 saturated heterocycles. The minimum atomic E-state index is -0.166. The van der Waals surface area contributed by atoms with Crippen molar-refractivity contribution < 1.29 is 4.39 Å². The van der Waals surface area contributed by atoms with E-state index in [0.29, 0.717) is 0 Å². The molecule has 0 fully saturated rings. The predicted molar refractivity (Wildman–Crippen MR) is 75.7 cm³/mol. The molecule has 1 unspecified atom stereocenters. The van der Waals surface area contributed by atoms with Gasteiger partial charge < -0.3 is 5.32 Å². The van der Waals surface area contributed by atoms with E-state index in [1.165, 1.54) is 9.75 Å². The molecule has 96 valence electrons. The number of hydrogen-bond acceptors (Lipinski definition) is 2. The Morgan fingerprint density at radius 3 is 2.56 bits per heavy atom. The van der Waals surface area contributed by atoms with Crippen molar-refractivity contribution in [2.75, 3.05) is 6.54 Å². The van der Waals surface area contributed by atoms with Gasteiger partial charge in [0, 0.05) is 9.75 Å². The van der Waals surface area contributed by atoms with Crippen molar-refractivity contribution in [1.29, 1.82) is 0 Å². The first-order chi connectivity index (χ1) is 8.60. The number of rotatable bonds is 4. The van der Waals surface area contributed by atoms with Gasteiger partial charge in [-0.05, 0) is 55.8 Å². The summed E-state index contributed by atoms with van der Waals surface area (Å²) in [5.41, 5.74) is 1.96. The normalized spacial score (nSPS) is 12.7. The largest absolute Gasteiger partial charge is 0.306 e. The molecule has 2 rings (SSSR count). The molecule has 1 nitrogen and oxygen atoms in total. The highest BCUT2D eigenvalue weighted by molar-refractivity contribution is 7.12. The maximum Gasteiger partial charge on any atom is 0.123 e. The molecule has 0 radical (unpaired) electrons. The Labute approximate surface area is 112 Å². The number of halogens is 1. The lowest BCUT2D eigenvalue weighted by Crippen LogP contribution is -2.21. The first kappa shape index (κ1) is 13.2. The lowest BCUT2D eigenvalue weighted by Gasteiger charge is -2.17. The van der Waals surface area contributed by atoms with Crippen molar-refractivity contribution in [2.45, 2.75) is 26.8 Å². The highest BCUT2D eigenvalue weighted by atomic mass is 32.1. The summed E-state index contributed by atoms with van der Waals surface area (Å²) in [5, 5.41) is 3.43. The highest BCUT2D eigenvalue weighted by Gasteiger charge is 2.15. The van der Waals surface area contributed by atoms with Crippen LogP contribution < -0.4 is 5.32 Å². The summed E-state index contributed by atoms with van der Waals surface area (Å²) in [6.07, 6.45) is 0. The number of benzene rings is 1. The van der Waals surface area contributed by atoms with E-state index >= 15 is 0 Å². The fraction of sp³-hybridized carbons (Fsp3) is 0.333. The van der Waals surface area contributed by atoms with Crippen LogP contribution in [0.5, 0.6) is 0 Å². The summed E-state index contributed by atoms with van der Waals surface area (Å²) in [6, 6.07) is 9.54. The van der Waals surface area contributed by atoms with E-state index in [4.69, 9.17) is 0 Å². The van der Waals surface area contributed by atoms with Crippen molar-refractivity contribution in [3.8, 4) is 0 Å². The Hall–Kier alpha value is -1.19. The average molecular weight is 263 g/mol. The standard InChI is InChI=1S/C15H18FNS/c1-4-17-15(14-6-5-11(3)18-14)12-7-10(2)8-13(16)9-12/h5-9,15,17H,4H2,1-3H3. The second-order valence-electron chi connectivity index (χ2n) is 4.50. The van der Waals surface area contributed by atoms with E-state index in [0.717, 1.165) is 17.7 Å². The number of nitrogens with one attached hydrogen (secondary N) is 1. The third-order valence-electron chi connectivity index (χ3n) is 2.85. The fourth-order valence-corrected chi connectivity index (χ4v) is 3.11. The van der Waals surface area contributed by atoms with Gasteiger partial charge in [0.1, 0.15) is 5.82 Å².